The van der Waals surface area contributed by atoms with E-state index in [-0.39, 0.29) is 18.2 Å². The van der Waals surface area contributed by atoms with Crippen LogP contribution in [0.2, 0.25) is 0 Å². The Hall–Kier alpha value is -2.36. The molecule has 0 aliphatic carbocycles. The number of amides is 1. The molecule has 1 heterocycles. The molecule has 0 radical (unpaired) electrons. The summed E-state index contributed by atoms with van der Waals surface area (Å²) in [6.45, 7) is 1.71. The van der Waals surface area contributed by atoms with Gasteiger partial charge in [-0.1, -0.05) is 5.16 Å². The zero-order chi connectivity index (χ0) is 13.0. The van der Waals surface area contributed by atoms with Crippen LogP contribution in [-0.4, -0.2) is 40.1 Å². The van der Waals surface area contributed by atoms with Crippen molar-refractivity contribution < 1.29 is 19.2 Å². The summed E-state index contributed by atoms with van der Waals surface area (Å²) in [6, 6.07) is 2.72. The van der Waals surface area contributed by atoms with Gasteiger partial charge in [-0.3, -0.25) is 4.79 Å². The van der Waals surface area contributed by atoms with Gasteiger partial charge >= 0.3 is 5.97 Å². The molecule has 1 aromatic heterocycles. The number of hydrogen-bond donors (Lipinski definition) is 1. The summed E-state index contributed by atoms with van der Waals surface area (Å²) in [4.78, 5) is 23.7. The second-order valence-electron chi connectivity index (χ2n) is 3.51. The molecule has 0 fully saturated rings. The maximum Gasteiger partial charge on any atom is 0.374 e. The summed E-state index contributed by atoms with van der Waals surface area (Å²) in [6.07, 6.45) is 0.186. The van der Waals surface area contributed by atoms with Crippen molar-refractivity contribution >= 4 is 11.9 Å². The van der Waals surface area contributed by atoms with Gasteiger partial charge in [-0.15, -0.1) is 0 Å². The zero-order valence-electron chi connectivity index (χ0n) is 9.38. The van der Waals surface area contributed by atoms with Gasteiger partial charge in [-0.2, -0.15) is 5.26 Å². The average molecular weight is 237 g/mol. The first-order valence-corrected chi connectivity index (χ1v) is 4.81. The van der Waals surface area contributed by atoms with Crippen LogP contribution in [0.25, 0.3) is 0 Å². The van der Waals surface area contributed by atoms with E-state index in [1.807, 2.05) is 6.07 Å². The quantitative estimate of drug-likeness (QED) is 0.827. The van der Waals surface area contributed by atoms with Crippen LogP contribution in [-0.2, 0) is 0 Å². The molecule has 1 unspecified atom stereocenters. The number of carbonyl (C=O) groups is 2. The van der Waals surface area contributed by atoms with Crippen LogP contribution in [0.5, 0.6) is 0 Å². The van der Waals surface area contributed by atoms with Crippen LogP contribution in [0.1, 0.15) is 34.4 Å². The molecule has 1 N–H and O–H groups in total. The number of hydrogen-bond acceptors (Lipinski definition) is 5. The maximum atomic E-state index is 11.8. The highest BCUT2D eigenvalue weighted by molar-refractivity contribution is 5.94. The van der Waals surface area contributed by atoms with Gasteiger partial charge in [0.15, 0.2) is 5.69 Å². The summed E-state index contributed by atoms with van der Waals surface area (Å²) in [5.74, 6) is -2.16. The third-order valence-corrected chi connectivity index (χ3v) is 2.31. The summed E-state index contributed by atoms with van der Waals surface area (Å²) in [7, 11) is 1.51. The second-order valence-corrected chi connectivity index (χ2v) is 3.51. The molecule has 7 heteroatoms. The molecule has 7 nitrogen and oxygen atoms in total. The van der Waals surface area contributed by atoms with E-state index in [4.69, 9.17) is 10.4 Å². The summed E-state index contributed by atoms with van der Waals surface area (Å²) >= 11 is 0. The van der Waals surface area contributed by atoms with E-state index in [0.717, 1.165) is 6.07 Å². The summed E-state index contributed by atoms with van der Waals surface area (Å²) in [5, 5.41) is 20.5. The molecule has 0 aliphatic heterocycles. The summed E-state index contributed by atoms with van der Waals surface area (Å²) in [5.41, 5.74) is -0.0883. The standard InChI is InChI=1S/C10H11N3O4/c1-6(3-4-11)13(2)9(14)7-5-8(10(15)16)17-12-7/h5-6H,3H2,1-2H3,(H,15,16). The minimum absolute atomic E-state index is 0.0883. The van der Waals surface area contributed by atoms with Crippen molar-refractivity contribution in [2.24, 2.45) is 0 Å². The van der Waals surface area contributed by atoms with E-state index >= 15 is 0 Å². The van der Waals surface area contributed by atoms with E-state index in [1.165, 1.54) is 11.9 Å². The van der Waals surface area contributed by atoms with Gasteiger partial charge in [0, 0.05) is 19.2 Å². The largest absolute Gasteiger partial charge is 0.475 e. The van der Waals surface area contributed by atoms with E-state index in [9.17, 15) is 9.59 Å². The Balaban J connectivity index is 2.82. The highest BCUT2D eigenvalue weighted by Gasteiger charge is 2.22. The third kappa shape index (κ3) is 2.81. The van der Waals surface area contributed by atoms with Crippen molar-refractivity contribution in [2.75, 3.05) is 7.05 Å². The predicted molar refractivity (Wildman–Crippen MR) is 55.2 cm³/mol. The van der Waals surface area contributed by atoms with Crippen molar-refractivity contribution in [3.05, 3.63) is 17.5 Å². The maximum absolute atomic E-state index is 11.8. The SMILES string of the molecule is CC(CC#N)N(C)C(=O)c1cc(C(=O)O)on1. The number of nitrogens with zero attached hydrogens (tertiary/aromatic N) is 3. The fourth-order valence-electron chi connectivity index (χ4n) is 1.13. The molecule has 0 aliphatic rings. The van der Waals surface area contributed by atoms with Crippen LogP contribution in [0.15, 0.2) is 10.6 Å². The molecule has 0 bridgehead atoms. The average Bonchev–Trinajstić information content (AvgIpc) is 2.76. The molecule has 1 amide bonds. The molecule has 0 saturated carbocycles. The number of nitriles is 1. The number of rotatable bonds is 4. The number of carboxylic acids is 1. The Labute approximate surface area is 97.2 Å². The molecule has 0 saturated heterocycles. The van der Waals surface area contributed by atoms with Crippen molar-refractivity contribution in [1.29, 1.82) is 5.26 Å². The predicted octanol–water partition coefficient (Wildman–Crippen LogP) is 0.747. The fourth-order valence-corrected chi connectivity index (χ4v) is 1.13. The highest BCUT2D eigenvalue weighted by atomic mass is 16.5. The number of carbonyl (C=O) groups excluding carboxylic acids is 1. The van der Waals surface area contributed by atoms with Gasteiger partial charge in [-0.05, 0) is 6.92 Å². The molecule has 90 valence electrons. The zero-order valence-corrected chi connectivity index (χ0v) is 9.38. The van der Waals surface area contributed by atoms with Crippen molar-refractivity contribution in [2.45, 2.75) is 19.4 Å². The number of carboxylic acid groups (broad SMARTS) is 1. The number of aromatic carboxylic acids is 1. The van der Waals surface area contributed by atoms with Gasteiger partial charge in [-0.25, -0.2) is 4.79 Å². The van der Waals surface area contributed by atoms with Crippen molar-refractivity contribution in [1.82, 2.24) is 10.1 Å². The van der Waals surface area contributed by atoms with E-state index in [0.29, 0.717) is 0 Å². The minimum Gasteiger partial charge on any atom is -0.475 e. The monoisotopic (exact) mass is 237 g/mol. The molecule has 0 spiro atoms. The molecule has 1 atom stereocenters. The molecule has 1 aromatic rings. The van der Waals surface area contributed by atoms with Crippen LogP contribution in [0.4, 0.5) is 0 Å². The Kier molecular flexibility index (Phi) is 3.82. The summed E-state index contributed by atoms with van der Waals surface area (Å²) < 4.78 is 4.48. The van der Waals surface area contributed by atoms with Gasteiger partial charge in [0.1, 0.15) is 0 Å². The van der Waals surface area contributed by atoms with E-state index in [1.54, 1.807) is 6.92 Å². The highest BCUT2D eigenvalue weighted by Crippen LogP contribution is 2.09. The first kappa shape index (κ1) is 12.7. The molecular formula is C10H11N3O4. The second kappa shape index (κ2) is 5.12. The van der Waals surface area contributed by atoms with Crippen LogP contribution in [0.3, 0.4) is 0 Å². The Bertz CT molecular complexity index is 474. The lowest BCUT2D eigenvalue weighted by molar-refractivity contribution is 0.0648. The van der Waals surface area contributed by atoms with Crippen molar-refractivity contribution in [3.63, 3.8) is 0 Å². The first-order valence-electron chi connectivity index (χ1n) is 4.81. The molecule has 1 rings (SSSR count). The van der Waals surface area contributed by atoms with Gasteiger partial charge < -0.3 is 14.5 Å². The lowest BCUT2D eigenvalue weighted by Gasteiger charge is -2.21. The molecule has 0 aromatic carbocycles. The number of aromatic nitrogens is 1. The van der Waals surface area contributed by atoms with Gasteiger partial charge in [0.2, 0.25) is 5.76 Å². The van der Waals surface area contributed by atoms with E-state index in [2.05, 4.69) is 9.68 Å². The normalized spacial score (nSPS) is 11.6. The Morgan fingerprint density at radius 2 is 2.35 bits per heavy atom. The van der Waals surface area contributed by atoms with Crippen LogP contribution in [0, 0.1) is 11.3 Å². The Morgan fingerprint density at radius 3 is 2.82 bits per heavy atom. The molecule has 17 heavy (non-hydrogen) atoms. The lowest BCUT2D eigenvalue weighted by atomic mass is 10.2. The van der Waals surface area contributed by atoms with Gasteiger partial charge in [0.25, 0.3) is 5.91 Å². The van der Waals surface area contributed by atoms with E-state index < -0.39 is 17.6 Å². The minimum atomic E-state index is -1.29. The van der Waals surface area contributed by atoms with Crippen molar-refractivity contribution in [3.8, 4) is 6.07 Å². The lowest BCUT2D eigenvalue weighted by Crippen LogP contribution is -2.35. The fraction of sp³-hybridized carbons (Fsp3) is 0.400. The van der Waals surface area contributed by atoms with Crippen LogP contribution >= 0.6 is 0 Å². The Morgan fingerprint density at radius 1 is 1.71 bits per heavy atom. The first-order chi connectivity index (χ1) is 7.97. The molecular weight excluding hydrogens is 226 g/mol. The topological polar surface area (TPSA) is 107 Å². The smallest absolute Gasteiger partial charge is 0.374 e. The third-order valence-electron chi connectivity index (χ3n) is 2.31. The van der Waals surface area contributed by atoms with Gasteiger partial charge in [0.05, 0.1) is 12.5 Å². The van der Waals surface area contributed by atoms with Crippen LogP contribution < -0.4 is 0 Å².